The zero-order valence-electron chi connectivity index (χ0n) is 17.2. The van der Waals surface area contributed by atoms with Crippen LogP contribution in [0.3, 0.4) is 0 Å². The van der Waals surface area contributed by atoms with E-state index < -0.39 is 16.1 Å². The van der Waals surface area contributed by atoms with Crippen molar-refractivity contribution in [2.45, 2.75) is 40.2 Å². The zero-order valence-corrected chi connectivity index (χ0v) is 18.1. The van der Waals surface area contributed by atoms with Gasteiger partial charge in [-0.15, -0.1) is 0 Å². The van der Waals surface area contributed by atoms with Crippen molar-refractivity contribution in [3.63, 3.8) is 0 Å². The van der Waals surface area contributed by atoms with Crippen LogP contribution in [0.15, 0.2) is 36.4 Å². The van der Waals surface area contributed by atoms with Crippen molar-refractivity contribution in [3.05, 3.63) is 53.1 Å². The number of sulfonamides is 1. The number of hydrogen-bond donors (Lipinski definition) is 1. The molecule has 1 atom stereocenters. The zero-order chi connectivity index (χ0) is 21.1. The predicted octanol–water partition coefficient (Wildman–Crippen LogP) is 3.80. The van der Waals surface area contributed by atoms with Crippen LogP contribution in [-0.2, 0) is 14.8 Å². The molecular weight excluding hydrogens is 376 g/mol. The van der Waals surface area contributed by atoms with Gasteiger partial charge in [0, 0.05) is 5.69 Å². The van der Waals surface area contributed by atoms with E-state index in [2.05, 4.69) is 5.32 Å². The van der Waals surface area contributed by atoms with Crippen molar-refractivity contribution < 1.29 is 17.9 Å². The summed E-state index contributed by atoms with van der Waals surface area (Å²) >= 11 is 0. The monoisotopic (exact) mass is 404 g/mol. The molecule has 2 aromatic carbocycles. The Hall–Kier alpha value is -2.54. The van der Waals surface area contributed by atoms with E-state index in [0.717, 1.165) is 28.6 Å². The van der Waals surface area contributed by atoms with E-state index in [4.69, 9.17) is 4.74 Å². The van der Waals surface area contributed by atoms with Gasteiger partial charge in [-0.05, 0) is 62.6 Å². The number of carbonyl (C=O) groups excluding carboxylic acids is 1. The van der Waals surface area contributed by atoms with Gasteiger partial charge in [0.15, 0.2) is 0 Å². The summed E-state index contributed by atoms with van der Waals surface area (Å²) in [6, 6.07) is 9.72. The van der Waals surface area contributed by atoms with Gasteiger partial charge in [-0.1, -0.05) is 24.6 Å². The maximum Gasteiger partial charge on any atom is 0.248 e. The lowest BCUT2D eigenvalue weighted by atomic mass is 10.0. The molecule has 2 rings (SSSR count). The highest BCUT2D eigenvalue weighted by Gasteiger charge is 2.32. The molecule has 0 saturated heterocycles. The largest absolute Gasteiger partial charge is 0.497 e. The Labute approximate surface area is 167 Å². The fourth-order valence-electron chi connectivity index (χ4n) is 3.37. The lowest BCUT2D eigenvalue weighted by Gasteiger charge is -2.30. The maximum atomic E-state index is 13.1. The number of methoxy groups -OCH3 is 1. The minimum absolute atomic E-state index is 0.328. The van der Waals surface area contributed by atoms with Gasteiger partial charge in [0.1, 0.15) is 11.8 Å². The quantitative estimate of drug-likeness (QED) is 0.761. The second kappa shape index (κ2) is 8.65. The second-order valence-corrected chi connectivity index (χ2v) is 8.80. The normalized spacial score (nSPS) is 12.4. The highest BCUT2D eigenvalue weighted by atomic mass is 32.2. The summed E-state index contributed by atoms with van der Waals surface area (Å²) in [5.74, 6) is 0.249. The Morgan fingerprint density at radius 1 is 1.11 bits per heavy atom. The summed E-state index contributed by atoms with van der Waals surface area (Å²) in [7, 11) is -2.14. The number of aryl methyl sites for hydroxylation is 3. The highest BCUT2D eigenvalue weighted by molar-refractivity contribution is 7.92. The molecule has 7 heteroatoms. The standard InChI is InChI=1S/C21H28N2O4S/c1-7-19(21(24)22-20-15(3)12-14(2)13-16(20)4)23(28(6,25)26)17-8-10-18(27-5)11-9-17/h8-13,19H,7H2,1-6H3,(H,22,24)/t19-/m1/s1. The van der Waals surface area contributed by atoms with Crippen LogP contribution in [0.25, 0.3) is 0 Å². The smallest absolute Gasteiger partial charge is 0.248 e. The molecule has 0 bridgehead atoms. The first-order valence-electron chi connectivity index (χ1n) is 9.10. The van der Waals surface area contributed by atoms with Crippen LogP contribution in [-0.4, -0.2) is 33.7 Å². The Balaban J connectivity index is 2.42. The van der Waals surface area contributed by atoms with Gasteiger partial charge in [-0.2, -0.15) is 0 Å². The van der Waals surface area contributed by atoms with Gasteiger partial charge in [-0.25, -0.2) is 8.42 Å². The number of nitrogens with zero attached hydrogens (tertiary/aromatic N) is 1. The number of ether oxygens (including phenoxy) is 1. The summed E-state index contributed by atoms with van der Waals surface area (Å²) in [6.07, 6.45) is 1.43. The maximum absolute atomic E-state index is 13.1. The van der Waals surface area contributed by atoms with Crippen LogP contribution in [0.4, 0.5) is 11.4 Å². The lowest BCUT2D eigenvalue weighted by molar-refractivity contribution is -0.117. The Kier molecular flexibility index (Phi) is 6.72. The van der Waals surface area contributed by atoms with Crippen LogP contribution in [0, 0.1) is 20.8 Å². The highest BCUT2D eigenvalue weighted by Crippen LogP contribution is 2.27. The molecule has 0 saturated carbocycles. The van der Waals surface area contributed by atoms with Crippen molar-refractivity contribution in [2.75, 3.05) is 23.0 Å². The minimum atomic E-state index is -3.68. The van der Waals surface area contributed by atoms with E-state index in [9.17, 15) is 13.2 Å². The van der Waals surface area contributed by atoms with Gasteiger partial charge in [0.2, 0.25) is 15.9 Å². The van der Waals surface area contributed by atoms with E-state index in [-0.39, 0.29) is 5.91 Å². The number of rotatable bonds is 7. The van der Waals surface area contributed by atoms with E-state index in [1.807, 2.05) is 32.9 Å². The molecule has 1 amide bonds. The number of anilines is 2. The molecule has 0 spiro atoms. The van der Waals surface area contributed by atoms with E-state index in [1.54, 1.807) is 31.2 Å². The molecule has 1 N–H and O–H groups in total. The molecule has 0 radical (unpaired) electrons. The lowest BCUT2D eigenvalue weighted by Crippen LogP contribution is -2.47. The summed E-state index contributed by atoms with van der Waals surface area (Å²) in [5, 5.41) is 2.93. The first-order chi connectivity index (χ1) is 13.1. The number of hydrogen-bond acceptors (Lipinski definition) is 4. The minimum Gasteiger partial charge on any atom is -0.497 e. The van der Waals surface area contributed by atoms with Gasteiger partial charge in [0.05, 0.1) is 19.1 Å². The van der Waals surface area contributed by atoms with E-state index >= 15 is 0 Å². The van der Waals surface area contributed by atoms with E-state index in [1.165, 1.54) is 11.4 Å². The number of benzene rings is 2. The van der Waals surface area contributed by atoms with Gasteiger partial charge in [-0.3, -0.25) is 9.10 Å². The Morgan fingerprint density at radius 3 is 2.07 bits per heavy atom. The molecule has 0 aliphatic rings. The molecule has 2 aromatic rings. The average molecular weight is 405 g/mol. The summed E-state index contributed by atoms with van der Waals surface area (Å²) in [6.45, 7) is 7.64. The Bertz CT molecular complexity index is 930. The predicted molar refractivity (Wildman–Crippen MR) is 114 cm³/mol. The Morgan fingerprint density at radius 2 is 1.64 bits per heavy atom. The van der Waals surface area contributed by atoms with Crippen molar-refractivity contribution >= 4 is 27.3 Å². The van der Waals surface area contributed by atoms with Gasteiger partial charge < -0.3 is 10.1 Å². The topological polar surface area (TPSA) is 75.7 Å². The molecule has 152 valence electrons. The van der Waals surface area contributed by atoms with Crippen molar-refractivity contribution in [1.29, 1.82) is 0 Å². The van der Waals surface area contributed by atoms with E-state index in [0.29, 0.717) is 17.9 Å². The summed E-state index contributed by atoms with van der Waals surface area (Å²) < 4.78 is 31.4. The van der Waals surface area contributed by atoms with Gasteiger partial charge in [0.25, 0.3) is 0 Å². The molecule has 0 aliphatic carbocycles. The molecular formula is C21H28N2O4S. The fraction of sp³-hybridized carbons (Fsp3) is 0.381. The summed E-state index contributed by atoms with van der Waals surface area (Å²) in [5.41, 5.74) is 4.13. The summed E-state index contributed by atoms with van der Waals surface area (Å²) in [4.78, 5) is 13.1. The number of amides is 1. The fourth-order valence-corrected chi connectivity index (χ4v) is 4.58. The second-order valence-electron chi connectivity index (χ2n) is 6.94. The van der Waals surface area contributed by atoms with Crippen molar-refractivity contribution in [2.24, 2.45) is 0 Å². The van der Waals surface area contributed by atoms with Crippen molar-refractivity contribution in [1.82, 2.24) is 0 Å². The van der Waals surface area contributed by atoms with Crippen molar-refractivity contribution in [3.8, 4) is 5.75 Å². The van der Waals surface area contributed by atoms with Crippen LogP contribution in [0.1, 0.15) is 30.0 Å². The first kappa shape index (κ1) is 21.8. The van der Waals surface area contributed by atoms with Crippen LogP contribution >= 0.6 is 0 Å². The average Bonchev–Trinajstić information content (AvgIpc) is 2.61. The number of nitrogens with one attached hydrogen (secondary N) is 1. The molecule has 6 nitrogen and oxygen atoms in total. The number of carbonyl (C=O) groups is 1. The molecule has 0 aromatic heterocycles. The van der Waals surface area contributed by atoms with Crippen LogP contribution in [0.5, 0.6) is 5.75 Å². The van der Waals surface area contributed by atoms with Gasteiger partial charge >= 0.3 is 0 Å². The molecule has 28 heavy (non-hydrogen) atoms. The molecule has 0 aliphatic heterocycles. The SMILES string of the molecule is CC[C@H](C(=O)Nc1c(C)cc(C)cc1C)N(c1ccc(OC)cc1)S(C)(=O)=O. The first-order valence-corrected chi connectivity index (χ1v) is 11.0. The van der Waals surface area contributed by atoms with Crippen LogP contribution in [0.2, 0.25) is 0 Å². The third-order valence-corrected chi connectivity index (χ3v) is 5.76. The third kappa shape index (κ3) is 4.84. The molecule has 0 heterocycles. The molecule has 0 unspecified atom stereocenters. The third-order valence-electron chi connectivity index (χ3n) is 4.58. The molecule has 0 fully saturated rings. The van der Waals surface area contributed by atoms with Crippen LogP contribution < -0.4 is 14.4 Å².